The van der Waals surface area contributed by atoms with Crippen LogP contribution in [0.15, 0.2) is 47.1 Å². The van der Waals surface area contributed by atoms with Gasteiger partial charge in [0.25, 0.3) is 5.91 Å². The first-order valence-corrected chi connectivity index (χ1v) is 9.60. The molecule has 3 unspecified atom stereocenters. The van der Waals surface area contributed by atoms with Crippen LogP contribution in [-0.2, 0) is 5.41 Å². The molecule has 0 radical (unpaired) electrons. The number of hydrogen-bond donors (Lipinski definition) is 0. The molecule has 26 heavy (non-hydrogen) atoms. The Hall–Kier alpha value is -2.23. The number of likely N-dealkylation sites (tertiary alicyclic amines) is 1. The Balaban J connectivity index is 1.63. The zero-order valence-corrected chi connectivity index (χ0v) is 15.6. The number of amides is 1. The second-order valence-electron chi connectivity index (χ2n) is 7.95. The van der Waals surface area contributed by atoms with Gasteiger partial charge in [-0.2, -0.15) is 0 Å². The van der Waals surface area contributed by atoms with Crippen LogP contribution < -0.4 is 4.74 Å². The lowest BCUT2D eigenvalue weighted by molar-refractivity contribution is 0.0290. The van der Waals surface area contributed by atoms with E-state index in [-0.39, 0.29) is 11.3 Å². The van der Waals surface area contributed by atoms with Crippen LogP contribution in [0.4, 0.5) is 0 Å². The summed E-state index contributed by atoms with van der Waals surface area (Å²) in [5.41, 5.74) is 1.52. The molecular weight excluding hydrogens is 326 g/mol. The number of carbonyl (C=O) groups is 1. The summed E-state index contributed by atoms with van der Waals surface area (Å²) in [6.45, 7) is 3.95. The third-order valence-corrected chi connectivity index (χ3v) is 6.43. The molecule has 1 aromatic carbocycles. The molecule has 1 saturated heterocycles. The van der Waals surface area contributed by atoms with Crippen LogP contribution in [0.2, 0.25) is 0 Å². The van der Waals surface area contributed by atoms with Gasteiger partial charge in [-0.05, 0) is 60.9 Å². The van der Waals surface area contributed by atoms with E-state index in [1.54, 1.807) is 25.5 Å². The molecule has 0 bridgehead atoms. The standard InChI is InChI=1S/C22H27NO3/c1-16-8-9-18-15-23(21(24)20-7-4-12-26-20)11-10-22(18,14-16)17-5-3-6-19(13-17)25-2/h3-7,12-13,16,18H,8-11,14-15H2,1-2H3. The van der Waals surface area contributed by atoms with E-state index < -0.39 is 0 Å². The number of rotatable bonds is 3. The Kier molecular flexibility index (Phi) is 4.51. The zero-order valence-electron chi connectivity index (χ0n) is 15.6. The van der Waals surface area contributed by atoms with Crippen molar-refractivity contribution in [2.45, 2.75) is 38.0 Å². The summed E-state index contributed by atoms with van der Waals surface area (Å²) in [4.78, 5) is 14.7. The Morgan fingerprint density at radius 1 is 1.27 bits per heavy atom. The van der Waals surface area contributed by atoms with Crippen molar-refractivity contribution < 1.29 is 13.9 Å². The van der Waals surface area contributed by atoms with E-state index in [0.29, 0.717) is 17.6 Å². The third kappa shape index (κ3) is 2.91. The predicted octanol–water partition coefficient (Wildman–Crippen LogP) is 4.51. The molecule has 4 nitrogen and oxygen atoms in total. The second kappa shape index (κ2) is 6.82. The van der Waals surface area contributed by atoms with E-state index in [9.17, 15) is 4.79 Å². The van der Waals surface area contributed by atoms with Crippen LogP contribution in [0.5, 0.6) is 5.75 Å². The lowest BCUT2D eigenvalue weighted by Crippen LogP contribution is -2.54. The van der Waals surface area contributed by atoms with Gasteiger partial charge in [-0.1, -0.05) is 25.5 Å². The molecule has 0 spiro atoms. The van der Waals surface area contributed by atoms with E-state index >= 15 is 0 Å². The molecule has 2 aliphatic rings. The van der Waals surface area contributed by atoms with Gasteiger partial charge in [0.2, 0.25) is 0 Å². The summed E-state index contributed by atoms with van der Waals surface area (Å²) in [7, 11) is 1.72. The zero-order chi connectivity index (χ0) is 18.1. The normalized spacial score (nSPS) is 28.5. The van der Waals surface area contributed by atoms with Gasteiger partial charge in [0.05, 0.1) is 13.4 Å². The van der Waals surface area contributed by atoms with Crippen LogP contribution in [-0.4, -0.2) is 31.0 Å². The van der Waals surface area contributed by atoms with Crippen molar-refractivity contribution in [1.82, 2.24) is 4.90 Å². The topological polar surface area (TPSA) is 42.7 Å². The molecule has 138 valence electrons. The summed E-state index contributed by atoms with van der Waals surface area (Å²) >= 11 is 0. The number of hydrogen-bond acceptors (Lipinski definition) is 3. The summed E-state index contributed by atoms with van der Waals surface area (Å²) in [5.74, 6) is 2.59. The van der Waals surface area contributed by atoms with Crippen molar-refractivity contribution in [3.63, 3.8) is 0 Å². The Morgan fingerprint density at radius 2 is 2.15 bits per heavy atom. The minimum absolute atomic E-state index is 0.0212. The minimum atomic E-state index is 0.0212. The van der Waals surface area contributed by atoms with Crippen LogP contribution in [0.3, 0.4) is 0 Å². The highest BCUT2D eigenvalue weighted by Gasteiger charge is 2.48. The van der Waals surface area contributed by atoms with E-state index in [2.05, 4.69) is 25.1 Å². The average Bonchev–Trinajstić information content (AvgIpc) is 3.21. The molecule has 4 rings (SSSR count). The highest BCUT2D eigenvalue weighted by atomic mass is 16.5. The fourth-order valence-corrected chi connectivity index (χ4v) is 5.09. The van der Waals surface area contributed by atoms with Gasteiger partial charge >= 0.3 is 0 Å². The third-order valence-electron chi connectivity index (χ3n) is 6.43. The van der Waals surface area contributed by atoms with Crippen molar-refractivity contribution in [3.8, 4) is 5.75 Å². The summed E-state index contributed by atoms with van der Waals surface area (Å²) in [5, 5.41) is 0. The molecule has 1 aliphatic heterocycles. The smallest absolute Gasteiger partial charge is 0.289 e. The van der Waals surface area contributed by atoms with Crippen molar-refractivity contribution in [2.75, 3.05) is 20.2 Å². The maximum absolute atomic E-state index is 12.8. The molecule has 0 N–H and O–H groups in total. The van der Waals surface area contributed by atoms with Crippen molar-refractivity contribution in [3.05, 3.63) is 54.0 Å². The molecule has 1 saturated carbocycles. The Bertz CT molecular complexity index is 769. The Morgan fingerprint density at radius 3 is 2.92 bits per heavy atom. The van der Waals surface area contributed by atoms with Crippen molar-refractivity contribution >= 4 is 5.91 Å². The van der Waals surface area contributed by atoms with Crippen LogP contribution in [0.1, 0.15) is 48.7 Å². The van der Waals surface area contributed by atoms with Crippen molar-refractivity contribution in [1.29, 1.82) is 0 Å². The number of carbonyl (C=O) groups excluding carboxylic acids is 1. The quantitative estimate of drug-likeness (QED) is 0.815. The maximum Gasteiger partial charge on any atom is 0.289 e. The second-order valence-corrected chi connectivity index (χ2v) is 7.95. The van der Waals surface area contributed by atoms with Crippen molar-refractivity contribution in [2.24, 2.45) is 11.8 Å². The molecule has 1 amide bonds. The number of methoxy groups -OCH3 is 1. The maximum atomic E-state index is 12.8. The number of piperidine rings is 1. The average molecular weight is 353 g/mol. The fraction of sp³-hybridized carbons (Fsp3) is 0.500. The van der Waals surface area contributed by atoms with Gasteiger partial charge in [-0.15, -0.1) is 0 Å². The van der Waals surface area contributed by atoms with Gasteiger partial charge in [0, 0.05) is 18.5 Å². The lowest BCUT2D eigenvalue weighted by Gasteiger charge is -2.52. The van der Waals surface area contributed by atoms with Gasteiger partial charge in [0.1, 0.15) is 5.75 Å². The molecule has 1 aliphatic carbocycles. The largest absolute Gasteiger partial charge is 0.497 e. The van der Waals surface area contributed by atoms with Crippen LogP contribution in [0, 0.1) is 11.8 Å². The Labute approximate surface area is 155 Å². The minimum Gasteiger partial charge on any atom is -0.497 e. The van der Waals surface area contributed by atoms with Gasteiger partial charge in [-0.25, -0.2) is 0 Å². The lowest BCUT2D eigenvalue weighted by atomic mass is 9.57. The van der Waals surface area contributed by atoms with Gasteiger partial charge < -0.3 is 14.1 Å². The number of furan rings is 1. The number of ether oxygens (including phenoxy) is 1. The van der Waals surface area contributed by atoms with E-state index in [1.807, 2.05) is 11.0 Å². The summed E-state index contributed by atoms with van der Waals surface area (Å²) in [6.07, 6.45) is 6.16. The summed E-state index contributed by atoms with van der Waals surface area (Å²) < 4.78 is 10.8. The van der Waals surface area contributed by atoms with Gasteiger partial charge in [0.15, 0.2) is 5.76 Å². The van der Waals surface area contributed by atoms with E-state index in [4.69, 9.17) is 9.15 Å². The van der Waals surface area contributed by atoms with E-state index in [0.717, 1.165) is 25.3 Å². The van der Waals surface area contributed by atoms with Gasteiger partial charge in [-0.3, -0.25) is 4.79 Å². The molecule has 2 fully saturated rings. The molecule has 4 heteroatoms. The van der Waals surface area contributed by atoms with Crippen LogP contribution in [0.25, 0.3) is 0 Å². The first-order valence-electron chi connectivity index (χ1n) is 9.60. The number of benzene rings is 1. The fourth-order valence-electron chi connectivity index (χ4n) is 5.09. The predicted molar refractivity (Wildman–Crippen MR) is 100 cm³/mol. The van der Waals surface area contributed by atoms with Crippen LogP contribution >= 0.6 is 0 Å². The summed E-state index contributed by atoms with van der Waals surface area (Å²) in [6, 6.07) is 12.1. The number of nitrogens with zero attached hydrogens (tertiary/aromatic N) is 1. The monoisotopic (exact) mass is 353 g/mol. The highest BCUT2D eigenvalue weighted by Crippen LogP contribution is 2.51. The first-order chi connectivity index (χ1) is 12.6. The number of fused-ring (bicyclic) bond motifs is 1. The SMILES string of the molecule is COc1cccc(C23CCN(C(=O)c4ccco4)CC2CCC(C)C3)c1. The molecule has 3 atom stereocenters. The molecular formula is C22H27NO3. The molecule has 1 aromatic heterocycles. The molecule has 2 heterocycles. The molecule has 2 aromatic rings. The first kappa shape index (κ1) is 17.2. The van der Waals surface area contributed by atoms with E-state index in [1.165, 1.54) is 24.8 Å². The highest BCUT2D eigenvalue weighted by molar-refractivity contribution is 5.91.